The molecule has 1 aliphatic carbocycles. The molecule has 2 N–H and O–H groups in total. The SMILES string of the molecule is CN=C(NCC1CCN(Cc2nc(C)c(C)o2)CC1)NC1CCC(C)CC1.I. The maximum Gasteiger partial charge on any atom is 0.208 e. The summed E-state index contributed by atoms with van der Waals surface area (Å²) in [6.45, 7) is 10.4. The first-order chi connectivity index (χ1) is 13.0. The minimum atomic E-state index is 0. The van der Waals surface area contributed by atoms with E-state index in [1.807, 2.05) is 20.9 Å². The molecule has 2 heterocycles. The topological polar surface area (TPSA) is 65.7 Å². The predicted molar refractivity (Wildman–Crippen MR) is 125 cm³/mol. The number of nitrogens with one attached hydrogen (secondary N) is 2. The van der Waals surface area contributed by atoms with Crippen molar-refractivity contribution in [1.29, 1.82) is 0 Å². The minimum absolute atomic E-state index is 0. The van der Waals surface area contributed by atoms with Gasteiger partial charge in [0.15, 0.2) is 5.96 Å². The Morgan fingerprint density at radius 2 is 1.82 bits per heavy atom. The van der Waals surface area contributed by atoms with Crippen LogP contribution in [0, 0.1) is 25.7 Å². The van der Waals surface area contributed by atoms with Crippen LogP contribution in [0.5, 0.6) is 0 Å². The molecule has 160 valence electrons. The van der Waals surface area contributed by atoms with Crippen molar-refractivity contribution in [2.75, 3.05) is 26.7 Å². The maximum atomic E-state index is 5.73. The lowest BCUT2D eigenvalue weighted by atomic mass is 9.87. The number of rotatable bonds is 5. The molecule has 6 nitrogen and oxygen atoms in total. The van der Waals surface area contributed by atoms with Gasteiger partial charge in [0.25, 0.3) is 0 Å². The number of halogens is 1. The van der Waals surface area contributed by atoms with Crippen LogP contribution in [0.4, 0.5) is 0 Å². The first-order valence-corrected chi connectivity index (χ1v) is 10.7. The normalized spacial score (nSPS) is 24.6. The molecule has 0 spiro atoms. The van der Waals surface area contributed by atoms with E-state index in [0.29, 0.717) is 12.0 Å². The van der Waals surface area contributed by atoms with Gasteiger partial charge in [-0.3, -0.25) is 9.89 Å². The number of piperidine rings is 1. The molecule has 2 aliphatic rings. The van der Waals surface area contributed by atoms with Gasteiger partial charge < -0.3 is 15.1 Å². The number of hydrogen-bond donors (Lipinski definition) is 2. The van der Waals surface area contributed by atoms with Gasteiger partial charge in [-0.05, 0) is 77.3 Å². The summed E-state index contributed by atoms with van der Waals surface area (Å²) >= 11 is 0. The van der Waals surface area contributed by atoms with E-state index in [2.05, 4.69) is 32.4 Å². The molecule has 1 aliphatic heterocycles. The van der Waals surface area contributed by atoms with Gasteiger partial charge in [-0.15, -0.1) is 24.0 Å². The molecule has 2 fully saturated rings. The summed E-state index contributed by atoms with van der Waals surface area (Å²) in [6, 6.07) is 0.585. The second kappa shape index (κ2) is 11.4. The van der Waals surface area contributed by atoms with Crippen LogP contribution in [0.3, 0.4) is 0 Å². The van der Waals surface area contributed by atoms with E-state index in [1.54, 1.807) is 0 Å². The highest BCUT2D eigenvalue weighted by molar-refractivity contribution is 14.0. The van der Waals surface area contributed by atoms with Gasteiger partial charge in [0, 0.05) is 19.6 Å². The van der Waals surface area contributed by atoms with Crippen LogP contribution in [-0.2, 0) is 6.54 Å². The fourth-order valence-corrected chi connectivity index (χ4v) is 4.18. The molecule has 0 bridgehead atoms. The molecule has 1 aromatic heterocycles. The van der Waals surface area contributed by atoms with Crippen LogP contribution in [0.15, 0.2) is 9.41 Å². The Kier molecular flexibility index (Phi) is 9.53. The average Bonchev–Trinajstić information content (AvgIpc) is 2.98. The van der Waals surface area contributed by atoms with Gasteiger partial charge >= 0.3 is 0 Å². The molecular weight excluding hydrogens is 465 g/mol. The average molecular weight is 503 g/mol. The second-order valence-electron chi connectivity index (χ2n) is 8.52. The molecule has 1 saturated heterocycles. The fraction of sp³-hybridized carbons (Fsp3) is 0.810. The van der Waals surface area contributed by atoms with E-state index < -0.39 is 0 Å². The molecule has 1 aromatic rings. The largest absolute Gasteiger partial charge is 0.444 e. The summed E-state index contributed by atoms with van der Waals surface area (Å²) in [5.74, 6) is 4.36. The van der Waals surface area contributed by atoms with Crippen LogP contribution in [-0.4, -0.2) is 48.6 Å². The number of likely N-dealkylation sites (tertiary alicyclic amines) is 1. The van der Waals surface area contributed by atoms with Crippen molar-refractivity contribution < 1.29 is 4.42 Å². The molecule has 1 saturated carbocycles. The van der Waals surface area contributed by atoms with E-state index >= 15 is 0 Å². The van der Waals surface area contributed by atoms with E-state index in [4.69, 9.17) is 4.42 Å². The van der Waals surface area contributed by atoms with Crippen LogP contribution in [0.25, 0.3) is 0 Å². The zero-order valence-corrected chi connectivity index (χ0v) is 20.3. The van der Waals surface area contributed by atoms with Crippen molar-refractivity contribution in [3.05, 3.63) is 17.3 Å². The van der Waals surface area contributed by atoms with Gasteiger partial charge in [0.05, 0.1) is 12.2 Å². The van der Waals surface area contributed by atoms with Crippen molar-refractivity contribution in [3.8, 4) is 0 Å². The molecule has 0 aromatic carbocycles. The van der Waals surface area contributed by atoms with E-state index in [0.717, 1.165) is 55.4 Å². The standard InChI is InChI=1S/C21H37N5O.HI/c1-15-5-7-19(8-6-15)25-21(22-4)23-13-18-9-11-26(12-10-18)14-20-24-16(2)17(3)27-20;/h15,18-19H,5-14H2,1-4H3,(H2,22,23,25);1H. The van der Waals surface area contributed by atoms with Gasteiger partial charge in [0.2, 0.25) is 5.89 Å². The Bertz CT molecular complexity index is 597. The minimum Gasteiger partial charge on any atom is -0.444 e. The molecule has 7 heteroatoms. The van der Waals surface area contributed by atoms with Crippen molar-refractivity contribution in [3.63, 3.8) is 0 Å². The number of aromatic nitrogens is 1. The predicted octanol–water partition coefficient (Wildman–Crippen LogP) is 3.87. The van der Waals surface area contributed by atoms with Crippen molar-refractivity contribution in [1.82, 2.24) is 20.5 Å². The second-order valence-corrected chi connectivity index (χ2v) is 8.52. The highest BCUT2D eigenvalue weighted by Crippen LogP contribution is 2.23. The highest BCUT2D eigenvalue weighted by atomic mass is 127. The first kappa shape index (κ1) is 23.4. The lowest BCUT2D eigenvalue weighted by Gasteiger charge is -2.32. The van der Waals surface area contributed by atoms with Crippen LogP contribution in [0.1, 0.15) is 62.8 Å². The quantitative estimate of drug-likeness (QED) is 0.363. The van der Waals surface area contributed by atoms with Crippen LogP contribution in [0.2, 0.25) is 0 Å². The van der Waals surface area contributed by atoms with E-state index in [9.17, 15) is 0 Å². The Morgan fingerprint density at radius 1 is 1.14 bits per heavy atom. The summed E-state index contributed by atoms with van der Waals surface area (Å²) in [5.41, 5.74) is 1.01. The summed E-state index contributed by atoms with van der Waals surface area (Å²) in [6.07, 6.45) is 7.61. The highest BCUT2D eigenvalue weighted by Gasteiger charge is 2.22. The molecule has 28 heavy (non-hydrogen) atoms. The fourth-order valence-electron chi connectivity index (χ4n) is 4.18. The van der Waals surface area contributed by atoms with Gasteiger partial charge in [-0.25, -0.2) is 4.98 Å². The maximum absolute atomic E-state index is 5.73. The molecule has 0 amide bonds. The molecule has 0 atom stereocenters. The number of aryl methyl sites for hydroxylation is 2. The Morgan fingerprint density at radius 3 is 2.39 bits per heavy atom. The number of oxazole rings is 1. The number of hydrogen-bond acceptors (Lipinski definition) is 4. The summed E-state index contributed by atoms with van der Waals surface area (Å²) in [5, 5.41) is 7.19. The summed E-state index contributed by atoms with van der Waals surface area (Å²) in [4.78, 5) is 11.4. The van der Waals surface area contributed by atoms with E-state index in [1.165, 1.54) is 38.5 Å². The zero-order chi connectivity index (χ0) is 19.2. The summed E-state index contributed by atoms with van der Waals surface area (Å²) in [7, 11) is 1.88. The molecular formula is C21H38IN5O. The third-order valence-electron chi connectivity index (χ3n) is 6.28. The van der Waals surface area contributed by atoms with Crippen LogP contribution >= 0.6 is 24.0 Å². The lowest BCUT2D eigenvalue weighted by molar-refractivity contribution is 0.164. The third-order valence-corrected chi connectivity index (χ3v) is 6.28. The monoisotopic (exact) mass is 503 g/mol. The van der Waals surface area contributed by atoms with Crippen LogP contribution < -0.4 is 10.6 Å². The van der Waals surface area contributed by atoms with Gasteiger partial charge in [0.1, 0.15) is 5.76 Å². The van der Waals surface area contributed by atoms with Gasteiger partial charge in [-0.1, -0.05) is 6.92 Å². The Balaban J connectivity index is 0.00000280. The molecule has 0 unspecified atom stereocenters. The summed E-state index contributed by atoms with van der Waals surface area (Å²) < 4.78 is 5.73. The third kappa shape index (κ3) is 6.90. The smallest absolute Gasteiger partial charge is 0.208 e. The lowest BCUT2D eigenvalue weighted by Crippen LogP contribution is -2.47. The molecule has 0 radical (unpaired) electrons. The molecule has 3 rings (SSSR count). The van der Waals surface area contributed by atoms with Gasteiger partial charge in [-0.2, -0.15) is 0 Å². The zero-order valence-electron chi connectivity index (χ0n) is 18.0. The van der Waals surface area contributed by atoms with E-state index in [-0.39, 0.29) is 24.0 Å². The number of nitrogens with zero attached hydrogens (tertiary/aromatic N) is 3. The van der Waals surface area contributed by atoms with Crippen molar-refractivity contribution >= 4 is 29.9 Å². The van der Waals surface area contributed by atoms with Crippen molar-refractivity contribution in [2.45, 2.75) is 71.9 Å². The Labute approximate surface area is 187 Å². The number of aliphatic imine (C=N–C) groups is 1. The number of guanidine groups is 1. The first-order valence-electron chi connectivity index (χ1n) is 10.7. The Hall–Kier alpha value is -0.830. The van der Waals surface area contributed by atoms with Crippen molar-refractivity contribution in [2.24, 2.45) is 16.8 Å².